The van der Waals surface area contributed by atoms with E-state index in [0.717, 1.165) is 12.0 Å². The summed E-state index contributed by atoms with van der Waals surface area (Å²) in [7, 11) is 0. The number of nitrogens with zero attached hydrogens (tertiary/aromatic N) is 1. The summed E-state index contributed by atoms with van der Waals surface area (Å²) >= 11 is 0. The molecule has 2 amide bonds. The lowest BCUT2D eigenvalue weighted by molar-refractivity contribution is -0.121. The standard InChI is InChI=1S/C11H14N2O3/c1-8-3-6-16-10(8)11(15)13-5-2-4-12-9(14)7-13/h3,6H,2,4-5,7H2,1H3,(H,12,14). The molecule has 1 fully saturated rings. The second-order valence-corrected chi connectivity index (χ2v) is 3.86. The van der Waals surface area contributed by atoms with E-state index in [9.17, 15) is 9.59 Å². The Balaban J connectivity index is 2.15. The minimum absolute atomic E-state index is 0.110. The Morgan fingerprint density at radius 1 is 1.56 bits per heavy atom. The molecule has 0 aliphatic carbocycles. The van der Waals surface area contributed by atoms with Crippen molar-refractivity contribution in [2.24, 2.45) is 0 Å². The SMILES string of the molecule is Cc1ccoc1C(=O)N1CCCNC(=O)C1. The molecule has 1 saturated heterocycles. The molecule has 2 rings (SSSR count). The van der Waals surface area contributed by atoms with Gasteiger partial charge in [0.2, 0.25) is 5.91 Å². The van der Waals surface area contributed by atoms with Gasteiger partial charge < -0.3 is 14.6 Å². The van der Waals surface area contributed by atoms with Crippen molar-refractivity contribution in [1.82, 2.24) is 10.2 Å². The van der Waals surface area contributed by atoms with E-state index in [4.69, 9.17) is 4.42 Å². The van der Waals surface area contributed by atoms with Crippen LogP contribution in [0.2, 0.25) is 0 Å². The molecule has 1 N–H and O–H groups in total. The molecule has 0 saturated carbocycles. The van der Waals surface area contributed by atoms with Crippen molar-refractivity contribution in [3.8, 4) is 0 Å². The summed E-state index contributed by atoms with van der Waals surface area (Å²) in [5.41, 5.74) is 0.801. The van der Waals surface area contributed by atoms with Crippen LogP contribution in [0.4, 0.5) is 0 Å². The number of carbonyl (C=O) groups is 2. The van der Waals surface area contributed by atoms with Crippen LogP contribution in [-0.2, 0) is 4.79 Å². The monoisotopic (exact) mass is 222 g/mol. The molecule has 0 radical (unpaired) electrons. The lowest BCUT2D eigenvalue weighted by atomic mass is 10.2. The van der Waals surface area contributed by atoms with Crippen molar-refractivity contribution in [1.29, 1.82) is 0 Å². The molecule has 86 valence electrons. The number of furan rings is 1. The fraction of sp³-hybridized carbons (Fsp3) is 0.455. The van der Waals surface area contributed by atoms with E-state index >= 15 is 0 Å². The van der Waals surface area contributed by atoms with Gasteiger partial charge in [0, 0.05) is 18.7 Å². The largest absolute Gasteiger partial charge is 0.459 e. The van der Waals surface area contributed by atoms with Crippen molar-refractivity contribution in [2.45, 2.75) is 13.3 Å². The summed E-state index contributed by atoms with van der Waals surface area (Å²) in [6.45, 7) is 3.13. The van der Waals surface area contributed by atoms with E-state index in [1.54, 1.807) is 6.07 Å². The zero-order valence-electron chi connectivity index (χ0n) is 9.16. The Labute approximate surface area is 93.4 Å². The Hall–Kier alpha value is -1.78. The molecule has 1 aliphatic rings. The molecule has 1 aromatic heterocycles. The summed E-state index contributed by atoms with van der Waals surface area (Å²) in [6.07, 6.45) is 2.26. The number of nitrogens with one attached hydrogen (secondary N) is 1. The van der Waals surface area contributed by atoms with Crippen LogP contribution in [-0.4, -0.2) is 36.3 Å². The Morgan fingerprint density at radius 3 is 3.06 bits per heavy atom. The molecule has 5 heteroatoms. The lowest BCUT2D eigenvalue weighted by Gasteiger charge is -2.17. The van der Waals surface area contributed by atoms with Gasteiger partial charge in [0.15, 0.2) is 5.76 Å². The van der Waals surface area contributed by atoms with Gasteiger partial charge in [-0.25, -0.2) is 0 Å². The molecule has 0 atom stereocenters. The number of carbonyl (C=O) groups excluding carboxylic acids is 2. The topological polar surface area (TPSA) is 62.6 Å². The van der Waals surface area contributed by atoms with Crippen LogP contribution in [0.5, 0.6) is 0 Å². The second kappa shape index (κ2) is 4.38. The highest BCUT2D eigenvalue weighted by Gasteiger charge is 2.23. The number of amides is 2. The lowest BCUT2D eigenvalue weighted by Crippen LogP contribution is -2.37. The number of hydrogen-bond donors (Lipinski definition) is 1. The van der Waals surface area contributed by atoms with E-state index in [1.807, 2.05) is 6.92 Å². The van der Waals surface area contributed by atoms with Crippen molar-refractivity contribution in [3.63, 3.8) is 0 Å². The normalized spacial score (nSPS) is 16.8. The van der Waals surface area contributed by atoms with E-state index in [1.165, 1.54) is 11.2 Å². The number of aryl methyl sites for hydroxylation is 1. The first kappa shape index (κ1) is 10.7. The quantitative estimate of drug-likeness (QED) is 0.754. The minimum Gasteiger partial charge on any atom is -0.459 e. The van der Waals surface area contributed by atoms with Crippen LogP contribution in [0.3, 0.4) is 0 Å². The number of rotatable bonds is 1. The van der Waals surface area contributed by atoms with E-state index < -0.39 is 0 Å². The van der Waals surface area contributed by atoms with Gasteiger partial charge in [0.25, 0.3) is 5.91 Å². The van der Waals surface area contributed by atoms with Crippen molar-refractivity contribution in [3.05, 3.63) is 23.7 Å². The molecular weight excluding hydrogens is 208 g/mol. The van der Waals surface area contributed by atoms with Gasteiger partial charge in [-0.2, -0.15) is 0 Å². The van der Waals surface area contributed by atoms with E-state index in [-0.39, 0.29) is 18.4 Å². The van der Waals surface area contributed by atoms with Gasteiger partial charge in [0.05, 0.1) is 12.8 Å². The van der Waals surface area contributed by atoms with Gasteiger partial charge in [-0.15, -0.1) is 0 Å². The van der Waals surface area contributed by atoms with Gasteiger partial charge in [0.1, 0.15) is 0 Å². The molecule has 5 nitrogen and oxygen atoms in total. The molecule has 1 aromatic rings. The van der Waals surface area contributed by atoms with E-state index in [2.05, 4.69) is 5.32 Å². The molecule has 1 aliphatic heterocycles. The third-order valence-electron chi connectivity index (χ3n) is 2.60. The third-order valence-corrected chi connectivity index (χ3v) is 2.60. The van der Waals surface area contributed by atoms with Gasteiger partial charge in [-0.3, -0.25) is 9.59 Å². The smallest absolute Gasteiger partial charge is 0.290 e. The maximum absolute atomic E-state index is 12.0. The van der Waals surface area contributed by atoms with Crippen LogP contribution in [0, 0.1) is 6.92 Å². The summed E-state index contributed by atoms with van der Waals surface area (Å²) in [5, 5.41) is 2.73. The molecule has 16 heavy (non-hydrogen) atoms. The average molecular weight is 222 g/mol. The van der Waals surface area contributed by atoms with Crippen LogP contribution in [0.25, 0.3) is 0 Å². The zero-order chi connectivity index (χ0) is 11.5. The summed E-state index contributed by atoms with van der Waals surface area (Å²) in [6, 6.07) is 1.74. The highest BCUT2D eigenvalue weighted by Crippen LogP contribution is 2.12. The molecular formula is C11H14N2O3. The van der Waals surface area contributed by atoms with Crippen molar-refractivity contribution in [2.75, 3.05) is 19.6 Å². The van der Waals surface area contributed by atoms with Gasteiger partial charge in [-0.05, 0) is 19.4 Å². The summed E-state index contributed by atoms with van der Waals surface area (Å²) in [5.74, 6) is 0.00399. The summed E-state index contributed by atoms with van der Waals surface area (Å²) in [4.78, 5) is 24.9. The maximum atomic E-state index is 12.0. The number of hydrogen-bond acceptors (Lipinski definition) is 3. The predicted molar refractivity (Wildman–Crippen MR) is 57.0 cm³/mol. The first-order valence-corrected chi connectivity index (χ1v) is 5.28. The molecule has 0 aromatic carbocycles. The highest BCUT2D eigenvalue weighted by molar-refractivity contribution is 5.95. The fourth-order valence-corrected chi connectivity index (χ4v) is 1.71. The first-order valence-electron chi connectivity index (χ1n) is 5.28. The first-order chi connectivity index (χ1) is 7.68. The van der Waals surface area contributed by atoms with Crippen LogP contribution in [0.15, 0.2) is 16.7 Å². The highest BCUT2D eigenvalue weighted by atomic mass is 16.3. The summed E-state index contributed by atoms with van der Waals surface area (Å²) < 4.78 is 5.13. The zero-order valence-corrected chi connectivity index (χ0v) is 9.16. The van der Waals surface area contributed by atoms with Gasteiger partial charge >= 0.3 is 0 Å². The van der Waals surface area contributed by atoms with Crippen molar-refractivity contribution >= 4 is 11.8 Å². The van der Waals surface area contributed by atoms with Gasteiger partial charge in [-0.1, -0.05) is 0 Å². The molecule has 0 spiro atoms. The predicted octanol–water partition coefficient (Wildman–Crippen LogP) is 0.550. The Morgan fingerprint density at radius 2 is 2.38 bits per heavy atom. The minimum atomic E-state index is -0.209. The van der Waals surface area contributed by atoms with E-state index in [0.29, 0.717) is 18.8 Å². The molecule has 2 heterocycles. The van der Waals surface area contributed by atoms with Crippen LogP contribution >= 0.6 is 0 Å². The fourth-order valence-electron chi connectivity index (χ4n) is 1.71. The molecule has 0 unspecified atom stereocenters. The third kappa shape index (κ3) is 2.08. The average Bonchev–Trinajstić information content (AvgIpc) is 2.55. The Bertz CT molecular complexity index is 411. The maximum Gasteiger partial charge on any atom is 0.290 e. The van der Waals surface area contributed by atoms with Crippen molar-refractivity contribution < 1.29 is 14.0 Å². The van der Waals surface area contributed by atoms with Crippen LogP contribution in [0.1, 0.15) is 22.5 Å². The second-order valence-electron chi connectivity index (χ2n) is 3.86. The Kier molecular flexibility index (Phi) is 2.94. The van der Waals surface area contributed by atoms with Crippen LogP contribution < -0.4 is 5.32 Å². The molecule has 0 bridgehead atoms.